The Bertz CT molecular complexity index is 633. The monoisotopic (exact) mass is 591 g/mol. The molecule has 0 aliphatic heterocycles. The zero-order valence-electron chi connectivity index (χ0n) is 25.8. The van der Waals surface area contributed by atoms with Crippen LogP contribution in [-0.4, -0.2) is 49.9 Å². The van der Waals surface area contributed by atoms with Crippen LogP contribution in [0.25, 0.3) is 0 Å². The molecular weight excluding hydrogens is 529 g/mol. The number of hydrogen-bond acceptors (Lipinski definition) is 7. The molecule has 3 N–H and O–H groups in total. The summed E-state index contributed by atoms with van der Waals surface area (Å²) >= 11 is 0. The second-order valence-electron chi connectivity index (χ2n) is 10.7. The minimum absolute atomic E-state index is 0.0954. The van der Waals surface area contributed by atoms with E-state index in [4.69, 9.17) is 24.3 Å². The van der Waals surface area contributed by atoms with Crippen molar-refractivity contribution >= 4 is 13.8 Å². The summed E-state index contributed by atoms with van der Waals surface area (Å²) in [4.78, 5) is 21.5. The Morgan fingerprint density at radius 2 is 1.25 bits per heavy atom. The van der Waals surface area contributed by atoms with Crippen LogP contribution in [0.15, 0.2) is 12.2 Å². The third-order valence-electron chi connectivity index (χ3n) is 6.65. The molecule has 0 saturated carbocycles. The maximum atomic E-state index is 11.9. The summed E-state index contributed by atoms with van der Waals surface area (Å²) in [6.07, 6.45) is 28.1. The van der Waals surface area contributed by atoms with E-state index in [0.29, 0.717) is 13.0 Å². The molecule has 8 nitrogen and oxygen atoms in total. The summed E-state index contributed by atoms with van der Waals surface area (Å²) in [7, 11) is -4.23. The summed E-state index contributed by atoms with van der Waals surface area (Å²) < 4.78 is 32.5. The number of rotatable bonds is 31. The van der Waals surface area contributed by atoms with E-state index in [1.54, 1.807) is 0 Å². The zero-order valence-corrected chi connectivity index (χ0v) is 26.7. The van der Waals surface area contributed by atoms with Crippen molar-refractivity contribution in [3.05, 3.63) is 12.2 Å². The molecule has 2 unspecified atom stereocenters. The van der Waals surface area contributed by atoms with E-state index in [9.17, 15) is 14.3 Å². The Hall–Kier alpha value is -0.760. The number of ether oxygens (including phenoxy) is 2. The number of phosphoric ester groups is 1. The van der Waals surface area contributed by atoms with Gasteiger partial charge in [0.2, 0.25) is 0 Å². The number of unbranched alkanes of at least 4 members (excludes halogenated alkanes) is 16. The number of hydrogen-bond donors (Lipinski definition) is 2. The van der Waals surface area contributed by atoms with E-state index in [2.05, 4.69) is 19.1 Å². The lowest BCUT2D eigenvalue weighted by Crippen LogP contribution is -2.28. The van der Waals surface area contributed by atoms with Gasteiger partial charge in [-0.3, -0.25) is 13.8 Å². The summed E-state index contributed by atoms with van der Waals surface area (Å²) in [5, 5.41) is 0. The first-order chi connectivity index (χ1) is 19.4. The van der Waals surface area contributed by atoms with Crippen LogP contribution in [0.3, 0.4) is 0 Å². The predicted octanol–water partition coefficient (Wildman–Crippen LogP) is 8.41. The molecule has 0 fully saturated rings. The van der Waals surface area contributed by atoms with Crippen LogP contribution in [0.4, 0.5) is 0 Å². The van der Waals surface area contributed by atoms with Gasteiger partial charge >= 0.3 is 13.8 Å². The second kappa shape index (κ2) is 29.7. The Labute approximate surface area is 245 Å². The highest BCUT2D eigenvalue weighted by atomic mass is 31.2. The van der Waals surface area contributed by atoms with Gasteiger partial charge in [-0.15, -0.1) is 0 Å². The molecule has 0 aliphatic rings. The summed E-state index contributed by atoms with van der Waals surface area (Å²) in [5.41, 5.74) is 5.28. The molecule has 0 bridgehead atoms. The van der Waals surface area contributed by atoms with Crippen molar-refractivity contribution in [3.63, 3.8) is 0 Å². The standard InChI is InChI=1S/C31H62NO7P/c1-3-5-6-7-8-9-10-11-12-13-14-15-16-17-18-19-20-21-22-23-26-36-28-30(39-31(33)24-4-2)29-38-40(34,35)37-27-25-32/h11-12,30H,3-10,13-29,32H2,1-2H3,(H,34,35)/b12-11-. The normalized spacial score (nSPS) is 14.0. The summed E-state index contributed by atoms with van der Waals surface area (Å²) in [6.45, 7) is 4.54. The van der Waals surface area contributed by atoms with Gasteiger partial charge in [-0.05, 0) is 38.5 Å². The highest BCUT2D eigenvalue weighted by molar-refractivity contribution is 7.47. The Kier molecular flexibility index (Phi) is 29.2. The lowest BCUT2D eigenvalue weighted by molar-refractivity contribution is -0.154. The van der Waals surface area contributed by atoms with Gasteiger partial charge in [-0.2, -0.15) is 0 Å². The van der Waals surface area contributed by atoms with Gasteiger partial charge in [0, 0.05) is 19.6 Å². The van der Waals surface area contributed by atoms with Gasteiger partial charge in [-0.25, -0.2) is 4.57 Å². The van der Waals surface area contributed by atoms with Crippen molar-refractivity contribution in [2.45, 2.75) is 148 Å². The lowest BCUT2D eigenvalue weighted by Gasteiger charge is -2.19. The number of carbonyl (C=O) groups is 1. The van der Waals surface area contributed by atoms with Gasteiger partial charge in [0.25, 0.3) is 0 Å². The molecule has 0 aromatic carbocycles. The fourth-order valence-corrected chi connectivity index (χ4v) is 5.09. The van der Waals surface area contributed by atoms with Crippen molar-refractivity contribution in [2.75, 3.05) is 33.0 Å². The van der Waals surface area contributed by atoms with Crippen molar-refractivity contribution in [1.82, 2.24) is 0 Å². The van der Waals surface area contributed by atoms with E-state index in [-0.39, 0.29) is 38.8 Å². The van der Waals surface area contributed by atoms with Crippen LogP contribution in [0.2, 0.25) is 0 Å². The molecule has 0 rings (SSSR count). The molecule has 0 spiro atoms. The third kappa shape index (κ3) is 28.8. The van der Waals surface area contributed by atoms with Gasteiger partial charge in [-0.1, -0.05) is 109 Å². The molecule has 9 heteroatoms. The average Bonchev–Trinajstić information content (AvgIpc) is 2.93. The zero-order chi connectivity index (χ0) is 29.6. The van der Waals surface area contributed by atoms with E-state index in [1.807, 2.05) is 6.92 Å². The Balaban J connectivity index is 3.67. The molecule has 2 atom stereocenters. The first kappa shape index (κ1) is 39.2. The molecule has 0 saturated heterocycles. The van der Waals surface area contributed by atoms with Crippen LogP contribution in [0, 0.1) is 0 Å². The molecule has 0 aliphatic carbocycles. The molecule has 0 aromatic rings. The number of esters is 1. The fraction of sp³-hybridized carbons (Fsp3) is 0.903. The van der Waals surface area contributed by atoms with Crippen LogP contribution in [-0.2, 0) is 27.9 Å². The molecule has 238 valence electrons. The minimum atomic E-state index is -4.23. The maximum absolute atomic E-state index is 11.9. The van der Waals surface area contributed by atoms with E-state index in [0.717, 1.165) is 12.8 Å². The molecule has 40 heavy (non-hydrogen) atoms. The molecule has 0 heterocycles. The maximum Gasteiger partial charge on any atom is 0.472 e. The van der Waals surface area contributed by atoms with Crippen molar-refractivity contribution in [3.8, 4) is 0 Å². The highest BCUT2D eigenvalue weighted by Crippen LogP contribution is 2.43. The summed E-state index contributed by atoms with van der Waals surface area (Å²) in [5.74, 6) is -0.383. The number of allylic oxidation sites excluding steroid dienone is 2. The number of nitrogens with two attached hydrogens (primary N) is 1. The van der Waals surface area contributed by atoms with Gasteiger partial charge in [0.15, 0.2) is 0 Å². The van der Waals surface area contributed by atoms with Crippen molar-refractivity contribution < 1.29 is 32.8 Å². The summed E-state index contributed by atoms with van der Waals surface area (Å²) in [6, 6.07) is 0. The third-order valence-corrected chi connectivity index (χ3v) is 7.64. The minimum Gasteiger partial charge on any atom is -0.457 e. The first-order valence-electron chi connectivity index (χ1n) is 16.2. The quantitative estimate of drug-likeness (QED) is 0.0357. The smallest absolute Gasteiger partial charge is 0.457 e. The predicted molar refractivity (Wildman–Crippen MR) is 164 cm³/mol. The van der Waals surface area contributed by atoms with Crippen LogP contribution < -0.4 is 5.73 Å². The van der Waals surface area contributed by atoms with Crippen LogP contribution in [0.5, 0.6) is 0 Å². The SMILES string of the molecule is CCCCCCCC/C=C\CCCCCCCCCCCCOCC(COP(=O)(O)OCCN)OC(=O)CCC. The molecule has 0 aromatic heterocycles. The van der Waals surface area contributed by atoms with E-state index >= 15 is 0 Å². The van der Waals surface area contributed by atoms with Gasteiger partial charge in [0.1, 0.15) is 6.10 Å². The van der Waals surface area contributed by atoms with E-state index in [1.165, 1.54) is 103 Å². The largest absolute Gasteiger partial charge is 0.472 e. The average molecular weight is 592 g/mol. The lowest BCUT2D eigenvalue weighted by atomic mass is 10.1. The topological polar surface area (TPSA) is 117 Å². The van der Waals surface area contributed by atoms with Gasteiger partial charge in [0.05, 0.1) is 19.8 Å². The van der Waals surface area contributed by atoms with Crippen molar-refractivity contribution in [1.29, 1.82) is 0 Å². The molecular formula is C31H62NO7P. The highest BCUT2D eigenvalue weighted by Gasteiger charge is 2.25. The fourth-order valence-electron chi connectivity index (χ4n) is 4.32. The Morgan fingerprint density at radius 1 is 0.725 bits per heavy atom. The second-order valence-corrected chi connectivity index (χ2v) is 12.1. The molecule has 0 amide bonds. The number of carbonyl (C=O) groups excluding carboxylic acids is 1. The van der Waals surface area contributed by atoms with Crippen molar-refractivity contribution in [2.24, 2.45) is 5.73 Å². The number of phosphoric acid groups is 1. The van der Waals surface area contributed by atoms with E-state index < -0.39 is 13.9 Å². The Morgan fingerprint density at radius 3 is 1.77 bits per heavy atom. The van der Waals surface area contributed by atoms with Crippen LogP contribution >= 0.6 is 7.82 Å². The molecule has 0 radical (unpaired) electrons. The van der Waals surface area contributed by atoms with Gasteiger partial charge < -0.3 is 20.1 Å². The first-order valence-corrected chi connectivity index (χ1v) is 17.7. The van der Waals surface area contributed by atoms with Crippen LogP contribution in [0.1, 0.15) is 142 Å².